The number of hydrogen-bond donors (Lipinski definition) is 1. The van der Waals surface area contributed by atoms with Gasteiger partial charge in [-0.1, -0.05) is 6.92 Å². The van der Waals surface area contributed by atoms with E-state index in [9.17, 15) is 4.79 Å². The molecule has 1 N–H and O–H groups in total. The highest BCUT2D eigenvalue weighted by atomic mass is 32.1. The molecule has 0 amide bonds. The van der Waals surface area contributed by atoms with E-state index in [1.165, 1.54) is 11.3 Å². The van der Waals surface area contributed by atoms with Crippen LogP contribution in [0.3, 0.4) is 0 Å². The first kappa shape index (κ1) is 7.21. The van der Waals surface area contributed by atoms with Crippen molar-refractivity contribution in [1.82, 2.24) is 4.98 Å². The van der Waals surface area contributed by atoms with Crippen LogP contribution in [0.5, 0.6) is 0 Å². The van der Waals surface area contributed by atoms with Gasteiger partial charge in [0.05, 0.1) is 11.2 Å². The molecule has 0 bridgehead atoms. The Balaban J connectivity index is 3.01. The average Bonchev–Trinajstić information content (AvgIpc) is 2.33. The third-order valence-corrected chi connectivity index (χ3v) is 2.03. The van der Waals surface area contributed by atoms with Gasteiger partial charge in [-0.05, 0) is 6.42 Å². The summed E-state index contributed by atoms with van der Waals surface area (Å²) in [6.07, 6.45) is 0.686. The molecule has 0 unspecified atom stereocenters. The first-order valence-corrected chi connectivity index (χ1v) is 3.79. The molecule has 0 fully saturated rings. The fourth-order valence-corrected chi connectivity index (χ4v) is 1.41. The number of nitrogens with zero attached hydrogens (tertiary/aromatic N) is 1. The van der Waals surface area contributed by atoms with E-state index in [2.05, 4.69) is 4.98 Å². The van der Waals surface area contributed by atoms with E-state index in [1.54, 1.807) is 5.51 Å². The maximum atomic E-state index is 10.4. The quantitative estimate of drug-likeness (QED) is 0.706. The van der Waals surface area contributed by atoms with E-state index < -0.39 is 5.97 Å². The highest BCUT2D eigenvalue weighted by molar-refractivity contribution is 7.11. The largest absolute Gasteiger partial charge is 0.477 e. The molecule has 4 heteroatoms. The lowest BCUT2D eigenvalue weighted by molar-refractivity contribution is 0.0701. The fraction of sp³-hybridized carbons (Fsp3) is 0.333. The van der Waals surface area contributed by atoms with Crippen molar-refractivity contribution in [3.63, 3.8) is 0 Å². The van der Waals surface area contributed by atoms with Crippen molar-refractivity contribution in [3.8, 4) is 0 Å². The second-order valence-electron chi connectivity index (χ2n) is 1.79. The Hall–Kier alpha value is -0.900. The molecule has 54 valence electrons. The fourth-order valence-electron chi connectivity index (χ4n) is 0.695. The van der Waals surface area contributed by atoms with Crippen molar-refractivity contribution in [2.75, 3.05) is 0 Å². The Bertz CT molecular complexity index is 244. The minimum atomic E-state index is -0.876. The predicted octanol–water partition coefficient (Wildman–Crippen LogP) is 1.40. The molecule has 0 aliphatic heterocycles. The predicted molar refractivity (Wildman–Crippen MR) is 38.5 cm³/mol. The molecule has 0 saturated carbocycles. The van der Waals surface area contributed by atoms with Crippen LogP contribution in [0.25, 0.3) is 0 Å². The molecule has 0 aromatic carbocycles. The number of carboxylic acids is 1. The monoisotopic (exact) mass is 157 g/mol. The summed E-state index contributed by atoms with van der Waals surface area (Å²) in [5, 5.41) is 8.56. The average molecular weight is 157 g/mol. The summed E-state index contributed by atoms with van der Waals surface area (Å²) >= 11 is 1.17. The first-order valence-electron chi connectivity index (χ1n) is 2.91. The van der Waals surface area contributed by atoms with Gasteiger partial charge in [-0.25, -0.2) is 9.78 Å². The van der Waals surface area contributed by atoms with Crippen LogP contribution in [0.2, 0.25) is 0 Å². The molecule has 0 aliphatic carbocycles. The lowest BCUT2D eigenvalue weighted by Gasteiger charge is -1.89. The number of carbonyl (C=O) groups is 1. The van der Waals surface area contributed by atoms with Gasteiger partial charge in [0.25, 0.3) is 0 Å². The minimum absolute atomic E-state index is 0.363. The second kappa shape index (κ2) is 2.79. The first-order chi connectivity index (χ1) is 4.75. The smallest absolute Gasteiger partial charge is 0.347 e. The number of rotatable bonds is 2. The summed E-state index contributed by atoms with van der Waals surface area (Å²) < 4.78 is 0. The van der Waals surface area contributed by atoms with Crippen molar-refractivity contribution in [2.24, 2.45) is 0 Å². The van der Waals surface area contributed by atoms with Crippen LogP contribution in [0.15, 0.2) is 5.51 Å². The van der Waals surface area contributed by atoms with Gasteiger partial charge in [-0.2, -0.15) is 0 Å². The molecule has 10 heavy (non-hydrogen) atoms. The van der Waals surface area contributed by atoms with E-state index in [-0.39, 0.29) is 0 Å². The SMILES string of the molecule is CCc1ncsc1C(=O)O. The summed E-state index contributed by atoms with van der Waals surface area (Å²) in [6, 6.07) is 0. The van der Waals surface area contributed by atoms with E-state index in [1.807, 2.05) is 6.92 Å². The molecule has 1 aromatic heterocycles. The van der Waals surface area contributed by atoms with Crippen molar-refractivity contribution in [2.45, 2.75) is 13.3 Å². The third-order valence-electron chi connectivity index (χ3n) is 1.17. The molecule has 0 saturated heterocycles. The summed E-state index contributed by atoms with van der Waals surface area (Å²) in [5.74, 6) is -0.876. The normalized spacial score (nSPS) is 9.70. The highest BCUT2D eigenvalue weighted by Crippen LogP contribution is 2.12. The lowest BCUT2D eigenvalue weighted by Crippen LogP contribution is -1.96. The van der Waals surface area contributed by atoms with Crippen LogP contribution < -0.4 is 0 Å². The number of hydrogen-bond acceptors (Lipinski definition) is 3. The Morgan fingerprint density at radius 3 is 3.00 bits per heavy atom. The van der Waals surface area contributed by atoms with Gasteiger partial charge in [-0.3, -0.25) is 0 Å². The summed E-state index contributed by atoms with van der Waals surface area (Å²) in [5.41, 5.74) is 2.24. The topological polar surface area (TPSA) is 50.2 Å². The number of aromatic nitrogens is 1. The van der Waals surface area contributed by atoms with E-state index in [0.717, 1.165) is 0 Å². The Labute approximate surface area is 62.3 Å². The zero-order valence-electron chi connectivity index (χ0n) is 5.50. The Morgan fingerprint density at radius 1 is 1.90 bits per heavy atom. The molecule has 0 radical (unpaired) electrons. The van der Waals surface area contributed by atoms with Crippen LogP contribution in [-0.2, 0) is 6.42 Å². The van der Waals surface area contributed by atoms with Crippen LogP contribution in [0.4, 0.5) is 0 Å². The number of aryl methyl sites for hydroxylation is 1. The molecule has 0 atom stereocenters. The minimum Gasteiger partial charge on any atom is -0.477 e. The maximum absolute atomic E-state index is 10.4. The Kier molecular flexibility index (Phi) is 2.01. The molecule has 0 spiro atoms. The van der Waals surface area contributed by atoms with Gasteiger partial charge >= 0.3 is 5.97 Å². The summed E-state index contributed by atoms with van der Waals surface area (Å²) in [7, 11) is 0. The second-order valence-corrected chi connectivity index (χ2v) is 2.64. The van der Waals surface area contributed by atoms with Crippen LogP contribution in [0.1, 0.15) is 22.3 Å². The third kappa shape index (κ3) is 1.16. The molecule has 1 rings (SSSR count). The van der Waals surface area contributed by atoms with Gasteiger partial charge in [-0.15, -0.1) is 11.3 Å². The molecular formula is C6H7NO2S. The summed E-state index contributed by atoms with van der Waals surface area (Å²) in [4.78, 5) is 14.7. The number of aromatic carboxylic acids is 1. The molecular weight excluding hydrogens is 150 g/mol. The molecule has 1 heterocycles. The van der Waals surface area contributed by atoms with Gasteiger partial charge in [0, 0.05) is 0 Å². The van der Waals surface area contributed by atoms with Crippen molar-refractivity contribution in [3.05, 3.63) is 16.1 Å². The van der Waals surface area contributed by atoms with Crippen molar-refractivity contribution in [1.29, 1.82) is 0 Å². The van der Waals surface area contributed by atoms with Gasteiger partial charge in [0.1, 0.15) is 4.88 Å². The van der Waals surface area contributed by atoms with Crippen molar-refractivity contribution >= 4 is 17.3 Å². The zero-order chi connectivity index (χ0) is 7.56. The Morgan fingerprint density at radius 2 is 2.60 bits per heavy atom. The summed E-state index contributed by atoms with van der Waals surface area (Å²) in [6.45, 7) is 1.89. The van der Waals surface area contributed by atoms with Crippen LogP contribution in [-0.4, -0.2) is 16.1 Å². The van der Waals surface area contributed by atoms with Gasteiger partial charge in [0.2, 0.25) is 0 Å². The van der Waals surface area contributed by atoms with Crippen LogP contribution >= 0.6 is 11.3 Å². The highest BCUT2D eigenvalue weighted by Gasteiger charge is 2.10. The van der Waals surface area contributed by atoms with Gasteiger partial charge in [0.15, 0.2) is 0 Å². The number of carboxylic acid groups (broad SMARTS) is 1. The molecule has 1 aromatic rings. The van der Waals surface area contributed by atoms with Crippen molar-refractivity contribution < 1.29 is 9.90 Å². The lowest BCUT2D eigenvalue weighted by atomic mass is 10.3. The zero-order valence-corrected chi connectivity index (χ0v) is 6.31. The van der Waals surface area contributed by atoms with E-state index in [0.29, 0.717) is 17.0 Å². The molecule has 3 nitrogen and oxygen atoms in total. The maximum Gasteiger partial charge on any atom is 0.347 e. The van der Waals surface area contributed by atoms with E-state index >= 15 is 0 Å². The standard InChI is InChI=1S/C6H7NO2S/c1-2-4-5(6(8)9)10-3-7-4/h3H,2H2,1H3,(H,8,9). The van der Waals surface area contributed by atoms with E-state index in [4.69, 9.17) is 5.11 Å². The molecule has 0 aliphatic rings. The van der Waals surface area contributed by atoms with Crippen LogP contribution in [0, 0.1) is 0 Å². The number of thiazole rings is 1. The van der Waals surface area contributed by atoms with Gasteiger partial charge < -0.3 is 5.11 Å².